The quantitative estimate of drug-likeness (QED) is 0.287. The van der Waals surface area contributed by atoms with Crippen LogP contribution in [-0.2, 0) is 26.2 Å². The van der Waals surface area contributed by atoms with Crippen LogP contribution < -0.4 is 4.74 Å². The molecular formula is C25H29NO7. The highest BCUT2D eigenvalue weighted by Crippen LogP contribution is 2.63. The van der Waals surface area contributed by atoms with E-state index in [2.05, 4.69) is 18.0 Å². The van der Waals surface area contributed by atoms with E-state index in [1.807, 2.05) is 0 Å². The molecule has 1 saturated heterocycles. The van der Waals surface area contributed by atoms with Crippen LogP contribution in [-0.4, -0.2) is 71.1 Å². The van der Waals surface area contributed by atoms with Crippen LogP contribution in [0.2, 0.25) is 0 Å². The van der Waals surface area contributed by atoms with Crippen molar-refractivity contribution in [3.8, 4) is 11.5 Å². The molecule has 8 heteroatoms. The molecule has 1 unspecified atom stereocenters. The molecule has 1 spiro atoms. The van der Waals surface area contributed by atoms with E-state index in [0.717, 1.165) is 24.1 Å². The number of hydrogen-bond donors (Lipinski definition) is 2. The predicted molar refractivity (Wildman–Crippen MR) is 117 cm³/mol. The second kappa shape index (κ2) is 7.67. The third-order valence-electron chi connectivity index (χ3n) is 8.03. The number of hydrogen-bond acceptors (Lipinski definition) is 8. The standard InChI is InChI=1S/C25H29NO7/c1-4-32-24(31)13(12(2)27)10-19(29)14-11-20(30)22-21-15(14)9-17-16-5-6-18(28)23(33-22)25(16,21)7-8-26(17)3/h5-6,11,13,16-18,23,28,30H,4,7-10H2,1-3H3/t13?,16-,17+,18-,23-,25-/m0/s1. The Morgan fingerprint density at radius 2 is 2.09 bits per heavy atom. The molecule has 2 heterocycles. The molecule has 1 aromatic rings. The fraction of sp³-hybridized carbons (Fsp3) is 0.560. The highest BCUT2D eigenvalue weighted by Gasteiger charge is 2.64. The molecule has 2 aliphatic carbocycles. The maximum atomic E-state index is 13.5. The summed E-state index contributed by atoms with van der Waals surface area (Å²) in [7, 11) is 2.06. The highest BCUT2D eigenvalue weighted by molar-refractivity contribution is 6.06. The topological polar surface area (TPSA) is 113 Å². The molecule has 2 aliphatic heterocycles. The van der Waals surface area contributed by atoms with Crippen molar-refractivity contribution < 1.29 is 34.1 Å². The van der Waals surface area contributed by atoms with E-state index in [-0.39, 0.29) is 36.5 Å². The number of likely N-dealkylation sites (N-methyl/N-ethyl adjacent to an activating group) is 1. The van der Waals surface area contributed by atoms with E-state index in [1.165, 1.54) is 13.0 Å². The van der Waals surface area contributed by atoms with Crippen molar-refractivity contribution in [2.24, 2.45) is 11.8 Å². The van der Waals surface area contributed by atoms with E-state index in [0.29, 0.717) is 17.7 Å². The summed E-state index contributed by atoms with van der Waals surface area (Å²) in [6.07, 6.45) is 3.48. The summed E-state index contributed by atoms with van der Waals surface area (Å²) in [6.45, 7) is 3.85. The molecule has 33 heavy (non-hydrogen) atoms. The van der Waals surface area contributed by atoms with Gasteiger partial charge in [-0.2, -0.15) is 0 Å². The Balaban J connectivity index is 1.62. The number of aliphatic hydroxyl groups is 1. The van der Waals surface area contributed by atoms with Gasteiger partial charge in [-0.05, 0) is 51.9 Å². The first-order valence-electron chi connectivity index (χ1n) is 11.5. The summed E-state index contributed by atoms with van der Waals surface area (Å²) in [5.74, 6) is -2.43. The first kappa shape index (κ1) is 22.1. The minimum absolute atomic E-state index is 0.0904. The molecule has 2 bridgehead atoms. The number of carbonyl (C=O) groups is 3. The number of esters is 1. The fourth-order valence-corrected chi connectivity index (χ4v) is 6.50. The monoisotopic (exact) mass is 455 g/mol. The first-order valence-corrected chi connectivity index (χ1v) is 11.5. The summed E-state index contributed by atoms with van der Waals surface area (Å²) in [5, 5.41) is 21.6. The second-order valence-corrected chi connectivity index (χ2v) is 9.65. The normalized spacial score (nSPS) is 32.0. The van der Waals surface area contributed by atoms with Crippen molar-refractivity contribution in [1.29, 1.82) is 0 Å². The summed E-state index contributed by atoms with van der Waals surface area (Å²) >= 11 is 0. The lowest BCUT2D eigenvalue weighted by Gasteiger charge is -2.56. The summed E-state index contributed by atoms with van der Waals surface area (Å²) in [4.78, 5) is 40.1. The SMILES string of the molecule is CCOC(=O)C(CC(=O)c1cc(O)c2c3c1C[C@@H]1[C@@H]4C=C[C@H](O)[C@H](O2)[C@]34CCN1C)C(C)=O. The molecular weight excluding hydrogens is 426 g/mol. The van der Waals surface area contributed by atoms with E-state index in [4.69, 9.17) is 9.47 Å². The Morgan fingerprint density at radius 1 is 1.33 bits per heavy atom. The van der Waals surface area contributed by atoms with Gasteiger partial charge >= 0.3 is 5.97 Å². The van der Waals surface area contributed by atoms with Gasteiger partial charge in [-0.1, -0.05) is 12.2 Å². The smallest absolute Gasteiger partial charge is 0.316 e. The molecule has 0 saturated carbocycles. The summed E-state index contributed by atoms with van der Waals surface area (Å²) in [6, 6.07) is 1.50. The van der Waals surface area contributed by atoms with Gasteiger partial charge in [0.05, 0.1) is 6.61 Å². The van der Waals surface area contributed by atoms with Gasteiger partial charge in [-0.25, -0.2) is 0 Å². The number of phenolic OH excluding ortho intramolecular Hbond substituents is 1. The number of piperidine rings is 1. The van der Waals surface area contributed by atoms with E-state index in [1.54, 1.807) is 13.0 Å². The maximum absolute atomic E-state index is 13.5. The molecule has 0 amide bonds. The number of rotatable bonds is 6. The van der Waals surface area contributed by atoms with Crippen molar-refractivity contribution in [3.63, 3.8) is 0 Å². The van der Waals surface area contributed by atoms with Crippen molar-refractivity contribution in [1.82, 2.24) is 4.90 Å². The molecule has 0 aromatic heterocycles. The summed E-state index contributed by atoms with van der Waals surface area (Å²) < 4.78 is 11.2. The van der Waals surface area contributed by atoms with Crippen LogP contribution in [0.5, 0.6) is 11.5 Å². The van der Waals surface area contributed by atoms with Crippen LogP contribution in [0.3, 0.4) is 0 Å². The lowest BCUT2D eigenvalue weighted by atomic mass is 9.53. The second-order valence-electron chi connectivity index (χ2n) is 9.65. The Morgan fingerprint density at radius 3 is 2.79 bits per heavy atom. The number of Topliss-reactive ketones (excluding diaryl/α,β-unsaturated/α-hetero) is 2. The number of carbonyl (C=O) groups excluding carboxylic acids is 3. The number of ether oxygens (including phenoxy) is 2. The van der Waals surface area contributed by atoms with Gasteiger partial charge in [0.1, 0.15) is 23.9 Å². The van der Waals surface area contributed by atoms with Gasteiger partial charge in [-0.15, -0.1) is 0 Å². The zero-order valence-corrected chi connectivity index (χ0v) is 19.0. The number of aliphatic hydroxyl groups excluding tert-OH is 1. The number of phenols is 1. The molecule has 4 aliphatic rings. The van der Waals surface area contributed by atoms with Crippen LogP contribution in [0, 0.1) is 11.8 Å². The highest BCUT2D eigenvalue weighted by atomic mass is 16.5. The molecule has 2 N–H and O–H groups in total. The Labute approximate surface area is 192 Å². The Kier molecular flexibility index (Phi) is 5.14. The van der Waals surface area contributed by atoms with E-state index in [9.17, 15) is 24.6 Å². The van der Waals surface area contributed by atoms with Gasteiger partial charge in [0.25, 0.3) is 0 Å². The van der Waals surface area contributed by atoms with Crippen LogP contribution in [0.25, 0.3) is 0 Å². The number of ketones is 2. The zero-order valence-electron chi connectivity index (χ0n) is 19.0. The van der Waals surface area contributed by atoms with Crippen molar-refractivity contribution in [3.05, 3.63) is 34.9 Å². The van der Waals surface area contributed by atoms with Gasteiger partial charge < -0.3 is 24.6 Å². The van der Waals surface area contributed by atoms with Crippen LogP contribution >= 0.6 is 0 Å². The van der Waals surface area contributed by atoms with Crippen molar-refractivity contribution in [2.45, 2.75) is 56.8 Å². The van der Waals surface area contributed by atoms with Gasteiger partial charge in [-0.3, -0.25) is 14.4 Å². The lowest BCUT2D eigenvalue weighted by molar-refractivity contribution is -0.151. The Hall–Kier alpha value is -2.71. The van der Waals surface area contributed by atoms with Crippen LogP contribution in [0.4, 0.5) is 0 Å². The molecule has 1 aromatic carbocycles. The minimum Gasteiger partial charge on any atom is -0.504 e. The minimum atomic E-state index is -1.18. The fourth-order valence-electron chi connectivity index (χ4n) is 6.50. The Bertz CT molecular complexity index is 1080. The number of aromatic hydroxyl groups is 1. The first-order chi connectivity index (χ1) is 15.7. The third kappa shape index (κ3) is 3.00. The lowest BCUT2D eigenvalue weighted by Crippen LogP contribution is -2.64. The van der Waals surface area contributed by atoms with Gasteiger partial charge in [0.2, 0.25) is 0 Å². The largest absolute Gasteiger partial charge is 0.504 e. The molecule has 6 atom stereocenters. The molecule has 8 nitrogen and oxygen atoms in total. The molecule has 5 rings (SSSR count). The molecule has 176 valence electrons. The van der Waals surface area contributed by atoms with Gasteiger partial charge in [0.15, 0.2) is 17.3 Å². The average Bonchev–Trinajstić information content (AvgIpc) is 3.12. The molecule has 0 radical (unpaired) electrons. The number of likely N-dealkylation sites (tertiary alicyclic amines) is 1. The number of benzene rings is 1. The zero-order chi connectivity index (χ0) is 23.7. The third-order valence-corrected chi connectivity index (χ3v) is 8.03. The average molecular weight is 456 g/mol. The van der Waals surface area contributed by atoms with E-state index < -0.39 is 35.3 Å². The predicted octanol–water partition coefficient (Wildman–Crippen LogP) is 1.54. The van der Waals surface area contributed by atoms with Gasteiger partial charge in [0, 0.05) is 34.9 Å². The number of nitrogens with zero attached hydrogens (tertiary/aromatic N) is 1. The van der Waals surface area contributed by atoms with Crippen LogP contribution in [0.1, 0.15) is 48.2 Å². The summed E-state index contributed by atoms with van der Waals surface area (Å²) in [5.41, 5.74) is 1.39. The van der Waals surface area contributed by atoms with Crippen molar-refractivity contribution in [2.75, 3.05) is 20.2 Å². The van der Waals surface area contributed by atoms with Crippen molar-refractivity contribution >= 4 is 17.5 Å². The van der Waals surface area contributed by atoms with E-state index >= 15 is 0 Å². The maximum Gasteiger partial charge on any atom is 0.316 e. The molecule has 1 fully saturated rings. The van der Waals surface area contributed by atoms with Crippen LogP contribution in [0.15, 0.2) is 18.2 Å².